The van der Waals surface area contributed by atoms with Crippen LogP contribution in [-0.2, 0) is 4.79 Å². The molecule has 2 amide bonds. The fourth-order valence-corrected chi connectivity index (χ4v) is 2.92. The number of carbonyl (C=O) groups excluding carboxylic acids is 2. The number of aliphatic hydroxyl groups excluding tert-OH is 1. The second kappa shape index (κ2) is 7.40. The summed E-state index contributed by atoms with van der Waals surface area (Å²) in [5.74, 6) is -0.153. The third kappa shape index (κ3) is 4.31. The highest BCUT2D eigenvalue weighted by atomic mass is 16.3. The highest BCUT2D eigenvalue weighted by Gasteiger charge is 2.23. The molecule has 2 N–H and O–H groups in total. The number of nitrogens with one attached hydrogen (secondary N) is 1. The molecule has 0 radical (unpaired) electrons. The second-order valence-electron chi connectivity index (χ2n) is 6.09. The zero-order valence-electron chi connectivity index (χ0n) is 13.3. The zero-order chi connectivity index (χ0) is 16.1. The number of nitrogens with zero attached hydrogens (tertiary/aromatic N) is 1. The topological polar surface area (TPSA) is 69.6 Å². The molecule has 0 bridgehead atoms. The minimum absolute atomic E-state index is 0.00394. The SMILES string of the molecule is Cc1cc(C)cc(C(=O)NCC(=O)N2CCCC(CO)C2)c1. The number of carbonyl (C=O) groups is 2. The van der Waals surface area contributed by atoms with Gasteiger partial charge in [0.2, 0.25) is 5.91 Å². The molecule has 1 atom stereocenters. The molecule has 0 spiro atoms. The Labute approximate surface area is 131 Å². The number of likely N-dealkylation sites (tertiary alicyclic amines) is 1. The molecular formula is C17H24N2O3. The van der Waals surface area contributed by atoms with Gasteiger partial charge in [-0.05, 0) is 44.7 Å². The van der Waals surface area contributed by atoms with Crippen LogP contribution >= 0.6 is 0 Å². The van der Waals surface area contributed by atoms with E-state index in [1.807, 2.05) is 32.0 Å². The fraction of sp³-hybridized carbons (Fsp3) is 0.529. The molecule has 2 rings (SSSR count). The first-order valence-electron chi connectivity index (χ1n) is 7.74. The lowest BCUT2D eigenvalue weighted by molar-refractivity contribution is -0.132. The summed E-state index contributed by atoms with van der Waals surface area (Å²) in [6.45, 7) is 5.28. The lowest BCUT2D eigenvalue weighted by Crippen LogP contribution is -2.45. The average molecular weight is 304 g/mol. The number of rotatable bonds is 4. The van der Waals surface area contributed by atoms with Gasteiger partial charge in [-0.25, -0.2) is 0 Å². The van der Waals surface area contributed by atoms with Crippen LogP contribution in [0.2, 0.25) is 0 Å². The zero-order valence-corrected chi connectivity index (χ0v) is 13.3. The van der Waals surface area contributed by atoms with Crippen molar-refractivity contribution in [3.63, 3.8) is 0 Å². The van der Waals surface area contributed by atoms with Gasteiger partial charge in [-0.3, -0.25) is 9.59 Å². The third-order valence-corrected chi connectivity index (χ3v) is 4.01. The van der Waals surface area contributed by atoms with E-state index >= 15 is 0 Å². The molecule has 22 heavy (non-hydrogen) atoms. The van der Waals surface area contributed by atoms with Crippen molar-refractivity contribution in [2.45, 2.75) is 26.7 Å². The van der Waals surface area contributed by atoms with Gasteiger partial charge in [0.25, 0.3) is 5.91 Å². The molecule has 1 aliphatic heterocycles. The van der Waals surface area contributed by atoms with E-state index in [1.54, 1.807) is 4.90 Å². The van der Waals surface area contributed by atoms with Crippen molar-refractivity contribution in [2.75, 3.05) is 26.2 Å². The second-order valence-corrected chi connectivity index (χ2v) is 6.09. The van der Waals surface area contributed by atoms with Gasteiger partial charge >= 0.3 is 0 Å². The van der Waals surface area contributed by atoms with Gasteiger partial charge in [0.05, 0.1) is 6.54 Å². The number of hydrogen-bond acceptors (Lipinski definition) is 3. The first kappa shape index (κ1) is 16.5. The number of benzene rings is 1. The number of piperidine rings is 1. The Morgan fingerprint density at radius 2 is 1.95 bits per heavy atom. The van der Waals surface area contributed by atoms with Crippen LogP contribution in [0, 0.1) is 19.8 Å². The minimum Gasteiger partial charge on any atom is -0.396 e. The van der Waals surface area contributed by atoms with Crippen LogP contribution in [0.25, 0.3) is 0 Å². The van der Waals surface area contributed by atoms with E-state index in [9.17, 15) is 14.7 Å². The molecule has 0 saturated carbocycles. The maximum atomic E-state index is 12.2. The molecule has 1 unspecified atom stereocenters. The Morgan fingerprint density at radius 1 is 1.27 bits per heavy atom. The van der Waals surface area contributed by atoms with Gasteiger partial charge in [-0.1, -0.05) is 17.2 Å². The monoisotopic (exact) mass is 304 g/mol. The number of aliphatic hydroxyl groups is 1. The molecule has 1 fully saturated rings. The summed E-state index contributed by atoms with van der Waals surface area (Å²) in [4.78, 5) is 26.0. The smallest absolute Gasteiger partial charge is 0.251 e. The molecule has 1 aliphatic rings. The summed E-state index contributed by atoms with van der Waals surface area (Å²) < 4.78 is 0. The first-order valence-corrected chi connectivity index (χ1v) is 7.74. The van der Waals surface area contributed by atoms with Gasteiger partial charge in [-0.15, -0.1) is 0 Å². The summed E-state index contributed by atoms with van der Waals surface area (Å²) in [6, 6.07) is 5.63. The summed E-state index contributed by atoms with van der Waals surface area (Å²) in [6.07, 6.45) is 1.86. The normalized spacial score (nSPS) is 18.1. The van der Waals surface area contributed by atoms with E-state index in [2.05, 4.69) is 5.32 Å². The summed E-state index contributed by atoms with van der Waals surface area (Å²) in [5, 5.41) is 11.9. The lowest BCUT2D eigenvalue weighted by Gasteiger charge is -2.31. The van der Waals surface area contributed by atoms with Crippen molar-refractivity contribution in [3.8, 4) is 0 Å². The van der Waals surface area contributed by atoms with Crippen LogP contribution in [0.3, 0.4) is 0 Å². The van der Waals surface area contributed by atoms with Gasteiger partial charge < -0.3 is 15.3 Å². The Kier molecular flexibility index (Phi) is 5.55. The molecule has 1 aromatic carbocycles. The van der Waals surface area contributed by atoms with Crippen LogP contribution in [0.4, 0.5) is 0 Å². The number of hydrogen-bond donors (Lipinski definition) is 2. The van der Waals surface area contributed by atoms with Crippen molar-refractivity contribution in [1.29, 1.82) is 0 Å². The molecule has 0 aliphatic carbocycles. The van der Waals surface area contributed by atoms with Crippen molar-refractivity contribution in [2.24, 2.45) is 5.92 Å². The van der Waals surface area contributed by atoms with Gasteiger partial charge in [-0.2, -0.15) is 0 Å². The largest absolute Gasteiger partial charge is 0.396 e. The predicted molar refractivity (Wildman–Crippen MR) is 84.6 cm³/mol. The number of amides is 2. The standard InChI is InChI=1S/C17H24N2O3/c1-12-6-13(2)8-15(7-12)17(22)18-9-16(21)19-5-3-4-14(10-19)11-20/h6-8,14,20H,3-5,9-11H2,1-2H3,(H,18,22). The Balaban J connectivity index is 1.89. The van der Waals surface area contributed by atoms with E-state index < -0.39 is 0 Å². The highest BCUT2D eigenvalue weighted by Crippen LogP contribution is 2.15. The molecule has 5 heteroatoms. The van der Waals surface area contributed by atoms with Gasteiger partial charge in [0.15, 0.2) is 0 Å². The molecule has 120 valence electrons. The van der Waals surface area contributed by atoms with Crippen LogP contribution in [-0.4, -0.2) is 48.1 Å². The average Bonchev–Trinajstić information content (AvgIpc) is 2.51. The van der Waals surface area contributed by atoms with E-state index in [4.69, 9.17) is 0 Å². The molecule has 1 aromatic rings. The predicted octanol–water partition coefficient (Wildman–Crippen LogP) is 1.26. The van der Waals surface area contributed by atoms with Crippen molar-refractivity contribution in [3.05, 3.63) is 34.9 Å². The van der Waals surface area contributed by atoms with E-state index in [1.165, 1.54) is 0 Å². The fourth-order valence-electron chi connectivity index (χ4n) is 2.92. The van der Waals surface area contributed by atoms with Gasteiger partial charge in [0, 0.05) is 25.3 Å². The quantitative estimate of drug-likeness (QED) is 0.880. The van der Waals surface area contributed by atoms with Gasteiger partial charge in [0.1, 0.15) is 0 Å². The van der Waals surface area contributed by atoms with E-state index in [-0.39, 0.29) is 30.9 Å². The minimum atomic E-state index is -0.226. The molecule has 0 aromatic heterocycles. The Morgan fingerprint density at radius 3 is 2.59 bits per heavy atom. The van der Waals surface area contributed by atoms with E-state index in [0.29, 0.717) is 18.7 Å². The van der Waals surface area contributed by atoms with Crippen LogP contribution < -0.4 is 5.32 Å². The molecule has 1 saturated heterocycles. The Hall–Kier alpha value is -1.88. The highest BCUT2D eigenvalue weighted by molar-refractivity contribution is 5.96. The maximum absolute atomic E-state index is 12.2. The Bertz CT molecular complexity index is 537. The summed E-state index contributed by atoms with van der Waals surface area (Å²) in [7, 11) is 0. The van der Waals surface area contributed by atoms with Crippen molar-refractivity contribution < 1.29 is 14.7 Å². The van der Waals surface area contributed by atoms with Crippen molar-refractivity contribution in [1.82, 2.24) is 10.2 Å². The molecule has 5 nitrogen and oxygen atoms in total. The third-order valence-electron chi connectivity index (χ3n) is 4.01. The van der Waals surface area contributed by atoms with Crippen LogP contribution in [0.5, 0.6) is 0 Å². The maximum Gasteiger partial charge on any atom is 0.251 e. The van der Waals surface area contributed by atoms with Crippen LogP contribution in [0.15, 0.2) is 18.2 Å². The first-order chi connectivity index (χ1) is 10.5. The van der Waals surface area contributed by atoms with Crippen LogP contribution in [0.1, 0.15) is 34.3 Å². The summed E-state index contributed by atoms with van der Waals surface area (Å²) in [5.41, 5.74) is 2.63. The molecule has 1 heterocycles. The van der Waals surface area contributed by atoms with Crippen molar-refractivity contribution >= 4 is 11.8 Å². The van der Waals surface area contributed by atoms with E-state index in [0.717, 1.165) is 24.0 Å². The molecular weight excluding hydrogens is 280 g/mol. The number of aryl methyl sites for hydroxylation is 2. The lowest BCUT2D eigenvalue weighted by atomic mass is 9.99. The summed E-state index contributed by atoms with van der Waals surface area (Å²) >= 11 is 0.